The first-order chi connectivity index (χ1) is 12.2. The summed E-state index contributed by atoms with van der Waals surface area (Å²) >= 11 is 0. The van der Waals surface area contributed by atoms with Crippen molar-refractivity contribution in [1.82, 2.24) is 0 Å². The van der Waals surface area contributed by atoms with Crippen molar-refractivity contribution < 1.29 is 14.3 Å². The van der Waals surface area contributed by atoms with Gasteiger partial charge in [-0.05, 0) is 29.8 Å². The number of benzene rings is 3. The molecule has 0 atom stereocenters. The Bertz CT molecular complexity index is 837. The molecule has 0 radical (unpaired) electrons. The fraction of sp³-hybridized carbons (Fsp3) is 0.0909. The molecule has 25 heavy (non-hydrogen) atoms. The van der Waals surface area contributed by atoms with E-state index < -0.39 is 0 Å². The molecule has 0 saturated carbocycles. The Labute approximate surface area is 146 Å². The second-order valence-corrected chi connectivity index (χ2v) is 5.69. The number of hydrogen-bond acceptors (Lipinski definition) is 3. The van der Waals surface area contributed by atoms with E-state index in [9.17, 15) is 9.59 Å². The van der Waals surface area contributed by atoms with Gasteiger partial charge in [0.05, 0.1) is 6.42 Å². The Morgan fingerprint density at radius 2 is 1.16 bits per heavy atom. The minimum Gasteiger partial charge on any atom is -0.489 e. The molecule has 0 aliphatic rings. The Morgan fingerprint density at radius 1 is 0.640 bits per heavy atom. The second kappa shape index (κ2) is 8.06. The molecule has 3 heteroatoms. The SMILES string of the molecule is O=C(CC(=O)c1ccc(OCc2ccccc2)cc1)c1ccccc1. The maximum absolute atomic E-state index is 12.3. The van der Waals surface area contributed by atoms with E-state index in [4.69, 9.17) is 4.74 Å². The lowest BCUT2D eigenvalue weighted by atomic mass is 10.0. The molecule has 0 aromatic heterocycles. The summed E-state index contributed by atoms with van der Waals surface area (Å²) < 4.78 is 5.70. The van der Waals surface area contributed by atoms with E-state index in [0.29, 0.717) is 23.5 Å². The van der Waals surface area contributed by atoms with Gasteiger partial charge in [-0.3, -0.25) is 9.59 Å². The van der Waals surface area contributed by atoms with Gasteiger partial charge in [0.1, 0.15) is 12.4 Å². The molecule has 0 heterocycles. The molecule has 0 bridgehead atoms. The van der Waals surface area contributed by atoms with Crippen LogP contribution in [-0.2, 0) is 6.61 Å². The summed E-state index contributed by atoms with van der Waals surface area (Å²) in [6.07, 6.45) is -0.131. The average molecular weight is 330 g/mol. The van der Waals surface area contributed by atoms with Crippen LogP contribution in [-0.4, -0.2) is 11.6 Å². The van der Waals surface area contributed by atoms with E-state index in [1.807, 2.05) is 36.4 Å². The van der Waals surface area contributed by atoms with E-state index >= 15 is 0 Å². The summed E-state index contributed by atoms with van der Waals surface area (Å²) in [6.45, 7) is 0.473. The Balaban J connectivity index is 1.58. The minimum absolute atomic E-state index is 0.131. The number of ketones is 2. The molecule has 3 aromatic rings. The van der Waals surface area contributed by atoms with Crippen LogP contribution in [0.2, 0.25) is 0 Å². The predicted molar refractivity (Wildman–Crippen MR) is 96.9 cm³/mol. The van der Waals surface area contributed by atoms with Crippen LogP contribution < -0.4 is 4.74 Å². The molecule has 3 nitrogen and oxygen atoms in total. The van der Waals surface area contributed by atoms with Crippen molar-refractivity contribution in [3.8, 4) is 5.75 Å². The molecular formula is C22H18O3. The van der Waals surface area contributed by atoms with Gasteiger partial charge in [0.15, 0.2) is 11.6 Å². The predicted octanol–water partition coefficient (Wildman–Crippen LogP) is 4.72. The number of ether oxygens (including phenoxy) is 1. The maximum Gasteiger partial charge on any atom is 0.170 e. The zero-order valence-corrected chi connectivity index (χ0v) is 13.7. The van der Waals surface area contributed by atoms with Crippen LogP contribution in [0.3, 0.4) is 0 Å². The van der Waals surface area contributed by atoms with Crippen molar-refractivity contribution in [1.29, 1.82) is 0 Å². The van der Waals surface area contributed by atoms with Crippen molar-refractivity contribution >= 4 is 11.6 Å². The van der Waals surface area contributed by atoms with E-state index in [1.54, 1.807) is 48.5 Å². The topological polar surface area (TPSA) is 43.4 Å². The first-order valence-corrected chi connectivity index (χ1v) is 8.10. The molecule has 0 saturated heterocycles. The molecule has 0 fully saturated rings. The standard InChI is InChI=1S/C22H18O3/c23-21(18-9-5-2-6-10-18)15-22(24)19-11-13-20(14-12-19)25-16-17-7-3-1-4-8-17/h1-14H,15-16H2. The number of carbonyl (C=O) groups is 2. The van der Waals surface area contributed by atoms with Crippen molar-refractivity contribution in [3.63, 3.8) is 0 Å². The van der Waals surface area contributed by atoms with Gasteiger partial charge in [0.25, 0.3) is 0 Å². The summed E-state index contributed by atoms with van der Waals surface area (Å²) in [5.74, 6) is 0.327. The molecule has 3 aromatic carbocycles. The number of rotatable bonds is 7. The van der Waals surface area contributed by atoms with Gasteiger partial charge in [-0.15, -0.1) is 0 Å². The smallest absolute Gasteiger partial charge is 0.170 e. The largest absolute Gasteiger partial charge is 0.489 e. The highest BCUT2D eigenvalue weighted by Gasteiger charge is 2.13. The van der Waals surface area contributed by atoms with Gasteiger partial charge in [0.2, 0.25) is 0 Å². The van der Waals surface area contributed by atoms with E-state index in [0.717, 1.165) is 5.56 Å². The summed E-state index contributed by atoms with van der Waals surface area (Å²) in [5.41, 5.74) is 2.14. The first-order valence-electron chi connectivity index (χ1n) is 8.10. The summed E-state index contributed by atoms with van der Waals surface area (Å²) in [4.78, 5) is 24.4. The van der Waals surface area contributed by atoms with Crippen LogP contribution in [0.25, 0.3) is 0 Å². The van der Waals surface area contributed by atoms with Crippen LogP contribution >= 0.6 is 0 Å². The number of carbonyl (C=O) groups excluding carboxylic acids is 2. The van der Waals surface area contributed by atoms with E-state index in [-0.39, 0.29) is 18.0 Å². The van der Waals surface area contributed by atoms with Crippen LogP contribution in [0.1, 0.15) is 32.7 Å². The Hall–Kier alpha value is -3.20. The maximum atomic E-state index is 12.3. The van der Waals surface area contributed by atoms with Crippen molar-refractivity contribution in [2.45, 2.75) is 13.0 Å². The van der Waals surface area contributed by atoms with E-state index in [1.165, 1.54) is 0 Å². The van der Waals surface area contributed by atoms with Crippen LogP contribution in [0.5, 0.6) is 5.75 Å². The molecule has 3 rings (SSSR count). The molecule has 0 aliphatic carbocycles. The molecule has 0 unspecified atom stereocenters. The zero-order chi connectivity index (χ0) is 17.5. The summed E-state index contributed by atoms with van der Waals surface area (Å²) in [5, 5.41) is 0. The quantitative estimate of drug-likeness (QED) is 0.465. The summed E-state index contributed by atoms with van der Waals surface area (Å²) in [7, 11) is 0. The highest BCUT2D eigenvalue weighted by Crippen LogP contribution is 2.16. The molecular weight excluding hydrogens is 312 g/mol. The Kier molecular flexibility index (Phi) is 5.37. The zero-order valence-electron chi connectivity index (χ0n) is 13.7. The first kappa shape index (κ1) is 16.7. The minimum atomic E-state index is -0.191. The third-order valence-electron chi connectivity index (χ3n) is 3.84. The van der Waals surface area contributed by atoms with Crippen LogP contribution in [0.15, 0.2) is 84.9 Å². The number of hydrogen-bond donors (Lipinski definition) is 0. The lowest BCUT2D eigenvalue weighted by Gasteiger charge is -2.07. The van der Waals surface area contributed by atoms with Gasteiger partial charge >= 0.3 is 0 Å². The normalized spacial score (nSPS) is 10.2. The molecule has 0 amide bonds. The van der Waals surface area contributed by atoms with Crippen molar-refractivity contribution in [3.05, 3.63) is 102 Å². The highest BCUT2D eigenvalue weighted by molar-refractivity contribution is 6.13. The fourth-order valence-corrected chi connectivity index (χ4v) is 2.45. The third-order valence-corrected chi connectivity index (χ3v) is 3.84. The van der Waals surface area contributed by atoms with Gasteiger partial charge in [-0.2, -0.15) is 0 Å². The lowest BCUT2D eigenvalue weighted by molar-refractivity contribution is 0.0894. The molecule has 124 valence electrons. The fourth-order valence-electron chi connectivity index (χ4n) is 2.45. The Morgan fingerprint density at radius 3 is 1.76 bits per heavy atom. The second-order valence-electron chi connectivity index (χ2n) is 5.69. The molecule has 0 aliphatic heterocycles. The van der Waals surface area contributed by atoms with Crippen molar-refractivity contribution in [2.75, 3.05) is 0 Å². The van der Waals surface area contributed by atoms with Gasteiger partial charge in [-0.25, -0.2) is 0 Å². The monoisotopic (exact) mass is 330 g/mol. The lowest BCUT2D eigenvalue weighted by Crippen LogP contribution is -2.08. The summed E-state index contributed by atoms with van der Waals surface area (Å²) in [6, 6.07) is 25.6. The third kappa shape index (κ3) is 4.64. The van der Waals surface area contributed by atoms with Gasteiger partial charge < -0.3 is 4.74 Å². The molecule has 0 spiro atoms. The van der Waals surface area contributed by atoms with Crippen LogP contribution in [0, 0.1) is 0 Å². The van der Waals surface area contributed by atoms with Gasteiger partial charge in [0, 0.05) is 11.1 Å². The highest BCUT2D eigenvalue weighted by atomic mass is 16.5. The van der Waals surface area contributed by atoms with Crippen molar-refractivity contribution in [2.24, 2.45) is 0 Å². The van der Waals surface area contributed by atoms with Gasteiger partial charge in [-0.1, -0.05) is 60.7 Å². The van der Waals surface area contributed by atoms with E-state index in [2.05, 4.69) is 0 Å². The van der Waals surface area contributed by atoms with Crippen LogP contribution in [0.4, 0.5) is 0 Å². The number of Topliss-reactive ketones (excluding diaryl/α,β-unsaturated/α-hetero) is 2. The average Bonchev–Trinajstić information content (AvgIpc) is 2.68. The molecule has 0 N–H and O–H groups in total.